The van der Waals surface area contributed by atoms with Crippen LogP contribution in [0.15, 0.2) is 0 Å². The predicted molar refractivity (Wildman–Crippen MR) is 54.6 cm³/mol. The van der Waals surface area contributed by atoms with Crippen molar-refractivity contribution >= 4 is 27.3 Å². The van der Waals surface area contributed by atoms with Crippen LogP contribution in [0.5, 0.6) is 0 Å². The van der Waals surface area contributed by atoms with Gasteiger partial charge < -0.3 is 6.42 Å². The van der Waals surface area contributed by atoms with Crippen LogP contribution < -0.4 is 0 Å². The van der Waals surface area contributed by atoms with Crippen molar-refractivity contribution in [2.24, 2.45) is 0 Å². The summed E-state index contributed by atoms with van der Waals surface area (Å²) in [7, 11) is 0. The first-order chi connectivity index (χ1) is 5.33. The van der Waals surface area contributed by atoms with Crippen molar-refractivity contribution in [2.75, 3.05) is 0 Å². The molecule has 0 aromatic rings. The summed E-state index contributed by atoms with van der Waals surface area (Å²) in [5.74, 6) is 13.0. The van der Waals surface area contributed by atoms with Crippen molar-refractivity contribution in [1.82, 2.24) is 0 Å². The third-order valence-electron chi connectivity index (χ3n) is 0.322. The van der Waals surface area contributed by atoms with Crippen molar-refractivity contribution < 1.29 is 31.1 Å². The quantitative estimate of drug-likeness (QED) is 0.211. The molecule has 0 unspecified atom stereocenters. The fraction of sp³-hybridized carbons (Fsp3) is 0. The molecule has 0 aliphatic rings. The standard InChI is InChI=1S/C8H.BIN.U/c1-3-5-7-8-6-4-2;2-1-3;/h1H;;/q2*-1;+2. The van der Waals surface area contributed by atoms with Gasteiger partial charge in [-0.25, -0.2) is 5.92 Å². The first-order valence-electron chi connectivity index (χ1n) is 2.27. The maximum atomic E-state index is 7.43. The van der Waals surface area contributed by atoms with Crippen LogP contribution in [-0.4, -0.2) is 4.93 Å². The van der Waals surface area contributed by atoms with Gasteiger partial charge in [0, 0.05) is 0 Å². The minimum Gasteiger partial charge on any atom is 2.00 e. The number of rotatable bonds is 0. The molecule has 0 amide bonds. The molecular weight excluding hydrogens is 486 g/mol. The van der Waals surface area contributed by atoms with Crippen LogP contribution in [0.25, 0.3) is 5.31 Å². The Morgan fingerprint density at radius 3 is 2.00 bits per heavy atom. The third kappa shape index (κ3) is 32.7. The van der Waals surface area contributed by atoms with Gasteiger partial charge in [0.1, 0.15) is 0 Å². The molecule has 0 bridgehead atoms. The molecule has 1 nitrogen and oxygen atoms in total. The van der Waals surface area contributed by atoms with Gasteiger partial charge in [-0.3, -0.25) is 5.92 Å². The van der Waals surface area contributed by atoms with E-state index in [9.17, 15) is 0 Å². The van der Waals surface area contributed by atoms with Crippen molar-refractivity contribution in [3.05, 3.63) is 11.7 Å². The topological polar surface area (TPSA) is 22.3 Å². The van der Waals surface area contributed by atoms with Crippen molar-refractivity contribution in [2.45, 2.75) is 0 Å². The Morgan fingerprint density at radius 1 is 1.25 bits per heavy atom. The van der Waals surface area contributed by atoms with Crippen LogP contribution >= 0.6 is 22.4 Å². The molecule has 0 N–H and O–H groups in total. The molecule has 0 aromatic carbocycles. The van der Waals surface area contributed by atoms with Crippen LogP contribution in [0.1, 0.15) is 0 Å². The summed E-state index contributed by atoms with van der Waals surface area (Å²) in [5, 5.41) is 7.43. The number of halogens is 1. The molecule has 12 heavy (non-hydrogen) atoms. The van der Waals surface area contributed by atoms with Crippen molar-refractivity contribution in [3.8, 4) is 41.9 Å². The second kappa shape index (κ2) is 22.4. The van der Waals surface area contributed by atoms with Gasteiger partial charge in [0.15, 0.2) is 0 Å². The Balaban J connectivity index is -0.000000177. The first-order valence-corrected chi connectivity index (χ1v) is 3.51. The van der Waals surface area contributed by atoms with E-state index in [4.69, 9.17) is 18.2 Å². The summed E-state index contributed by atoms with van der Waals surface area (Å²) in [5.41, 5.74) is 0. The van der Waals surface area contributed by atoms with Gasteiger partial charge in [-0.15, -0.1) is 12.3 Å². The largest absolute Gasteiger partial charge is 2.00 e. The summed E-state index contributed by atoms with van der Waals surface area (Å²) >= 11 is 1.72. The van der Waals surface area contributed by atoms with Gasteiger partial charge in [-0.05, 0) is 17.8 Å². The molecule has 0 aromatic heterocycles. The van der Waals surface area contributed by atoms with Crippen LogP contribution in [-0.2, 0) is 0 Å². The monoisotopic (exact) mass is 487 g/mol. The van der Waals surface area contributed by atoms with E-state index in [1.165, 1.54) is 0 Å². The maximum absolute atomic E-state index is 7.43. The normalized spacial score (nSPS) is 2.92. The van der Waals surface area contributed by atoms with E-state index in [-0.39, 0.29) is 31.1 Å². The molecular formula is C8HBINU. The molecule has 52 valence electrons. The zero-order chi connectivity index (χ0) is 8.95. The Bertz CT molecular complexity index is 272. The fourth-order valence-electron chi connectivity index (χ4n) is 0.130. The Morgan fingerprint density at radius 2 is 1.67 bits per heavy atom. The van der Waals surface area contributed by atoms with E-state index >= 15 is 0 Å². The Kier molecular flexibility index (Phi) is 33.4. The number of terminal acetylenes is 1. The second-order valence-corrected chi connectivity index (χ2v) is 1.42. The molecule has 0 saturated carbocycles. The van der Waals surface area contributed by atoms with Gasteiger partial charge >= 0.3 is 63.7 Å². The Hall–Kier alpha value is -0.113. The molecule has 0 saturated heterocycles. The zero-order valence-corrected chi connectivity index (χ0v) is 12.3. The number of nitrogens with zero attached hydrogens (tertiary/aromatic N) is 1. The molecule has 4 heteroatoms. The van der Waals surface area contributed by atoms with Gasteiger partial charge in [0.2, 0.25) is 0 Å². The summed E-state index contributed by atoms with van der Waals surface area (Å²) in [6.45, 7) is 0. The second-order valence-electron chi connectivity index (χ2n) is 0.867. The third-order valence-corrected chi connectivity index (χ3v) is 0.322. The van der Waals surface area contributed by atoms with Crippen LogP contribution in [0.3, 0.4) is 0 Å². The Labute approximate surface area is 111 Å². The van der Waals surface area contributed by atoms with Crippen molar-refractivity contribution in [3.63, 3.8) is 0 Å². The smallest absolute Gasteiger partial charge is 2.00 e. The molecule has 0 atom stereocenters. The predicted octanol–water partition coefficient (Wildman–Crippen LogP) is 1.01. The molecule has 0 aliphatic heterocycles. The van der Waals surface area contributed by atoms with E-state index in [2.05, 4.69) is 29.6 Å². The maximum Gasteiger partial charge on any atom is 2.00 e. The number of hydrogen-bond acceptors (Lipinski definition) is 0. The molecule has 0 fully saturated rings. The number of hydrogen-bond donors (Lipinski definition) is 0. The van der Waals surface area contributed by atoms with Gasteiger partial charge in [-0.2, -0.15) is 0 Å². The summed E-state index contributed by atoms with van der Waals surface area (Å²) in [4.78, 5) is 0.970. The average Bonchev–Trinajstić information content (AvgIpc) is 2.00. The molecule has 0 radical (unpaired) electrons. The van der Waals surface area contributed by atoms with Gasteiger partial charge in [0.05, 0.1) is 0 Å². The van der Waals surface area contributed by atoms with Crippen molar-refractivity contribution in [1.29, 1.82) is 0 Å². The van der Waals surface area contributed by atoms with E-state index in [0.29, 0.717) is 0 Å². The van der Waals surface area contributed by atoms with E-state index in [1.807, 2.05) is 5.92 Å². The minimum absolute atomic E-state index is 0. The first kappa shape index (κ1) is 17.8. The fourth-order valence-corrected chi connectivity index (χ4v) is 0.130. The minimum atomic E-state index is 0. The summed E-state index contributed by atoms with van der Waals surface area (Å²) < 4.78 is 0. The van der Waals surface area contributed by atoms with E-state index in [0.717, 1.165) is 4.93 Å². The molecule has 0 spiro atoms. The van der Waals surface area contributed by atoms with Crippen LogP contribution in [0.4, 0.5) is 0 Å². The molecule has 0 heterocycles. The van der Waals surface area contributed by atoms with E-state index < -0.39 is 0 Å². The van der Waals surface area contributed by atoms with Gasteiger partial charge in [-0.1, -0.05) is 0 Å². The zero-order valence-electron chi connectivity index (χ0n) is 5.98. The summed E-state index contributed by atoms with van der Waals surface area (Å²) in [6, 6.07) is 0. The van der Waals surface area contributed by atoms with Crippen LogP contribution in [0, 0.1) is 79.5 Å². The average molecular weight is 487 g/mol. The van der Waals surface area contributed by atoms with Crippen LogP contribution in [0.2, 0.25) is 0 Å². The van der Waals surface area contributed by atoms with E-state index in [1.54, 1.807) is 22.4 Å². The SMILES string of the molecule is [C-]#CC#CC#CC#C.[N-]=BI.[U+2]. The van der Waals surface area contributed by atoms with Gasteiger partial charge in [0.25, 0.3) is 0 Å². The molecule has 0 aliphatic carbocycles. The summed E-state index contributed by atoms with van der Waals surface area (Å²) in [6.07, 6.45) is 11.0. The molecule has 0 rings (SSSR count).